The Bertz CT molecular complexity index is 660. The number of hydrogen-bond acceptors (Lipinski definition) is 3. The van der Waals surface area contributed by atoms with E-state index in [1.807, 2.05) is 24.3 Å². The van der Waals surface area contributed by atoms with Gasteiger partial charge in [-0.15, -0.1) is 0 Å². The summed E-state index contributed by atoms with van der Waals surface area (Å²) in [4.78, 5) is 16.5. The van der Waals surface area contributed by atoms with Crippen molar-refractivity contribution < 1.29 is 4.79 Å². The van der Waals surface area contributed by atoms with Gasteiger partial charge in [0.2, 0.25) is 0 Å². The molecule has 0 bridgehead atoms. The Balaban J connectivity index is 1.89. The average Bonchev–Trinajstić information content (AvgIpc) is 2.55. The standard InChI is InChI=1S/C18H22ClN3O/c1-3-13(2)22-17-12-15(8-10-20-17)18(23)21-9-7-14-5-4-6-16(19)11-14/h4-6,8,10-13H,3,7,9H2,1-2H3,(H,20,22)(H,21,23). The molecule has 0 aliphatic rings. The Morgan fingerprint density at radius 2 is 2.13 bits per heavy atom. The van der Waals surface area contributed by atoms with Crippen molar-refractivity contribution in [1.82, 2.24) is 10.3 Å². The molecule has 0 aliphatic carbocycles. The van der Waals surface area contributed by atoms with Gasteiger partial charge in [0.05, 0.1) is 0 Å². The van der Waals surface area contributed by atoms with Crippen LogP contribution in [0, 0.1) is 0 Å². The zero-order chi connectivity index (χ0) is 16.7. The smallest absolute Gasteiger partial charge is 0.251 e. The number of nitrogens with one attached hydrogen (secondary N) is 2. The van der Waals surface area contributed by atoms with Gasteiger partial charge in [0.25, 0.3) is 5.91 Å². The summed E-state index contributed by atoms with van der Waals surface area (Å²) in [6.45, 7) is 4.75. The van der Waals surface area contributed by atoms with Gasteiger partial charge in [0.1, 0.15) is 5.82 Å². The van der Waals surface area contributed by atoms with Crippen LogP contribution in [0.2, 0.25) is 5.02 Å². The van der Waals surface area contributed by atoms with Gasteiger partial charge in [-0.05, 0) is 49.6 Å². The number of benzene rings is 1. The summed E-state index contributed by atoms with van der Waals surface area (Å²) in [5.74, 6) is 0.628. The van der Waals surface area contributed by atoms with Crippen LogP contribution in [0.4, 0.5) is 5.82 Å². The molecule has 1 atom stereocenters. The molecule has 1 aromatic carbocycles. The fraction of sp³-hybridized carbons (Fsp3) is 0.333. The summed E-state index contributed by atoms with van der Waals surface area (Å²) < 4.78 is 0. The van der Waals surface area contributed by atoms with Gasteiger partial charge in [0, 0.05) is 29.4 Å². The minimum Gasteiger partial charge on any atom is -0.368 e. The number of amides is 1. The molecular weight excluding hydrogens is 310 g/mol. The summed E-state index contributed by atoms with van der Waals surface area (Å²) in [5.41, 5.74) is 1.71. The number of pyridine rings is 1. The van der Waals surface area contributed by atoms with Crippen LogP contribution in [-0.4, -0.2) is 23.5 Å². The normalized spacial score (nSPS) is 11.8. The van der Waals surface area contributed by atoms with E-state index in [2.05, 4.69) is 29.5 Å². The van der Waals surface area contributed by atoms with Crippen molar-refractivity contribution in [1.29, 1.82) is 0 Å². The molecule has 0 spiro atoms. The zero-order valence-corrected chi connectivity index (χ0v) is 14.2. The molecule has 5 heteroatoms. The molecule has 0 saturated carbocycles. The molecule has 1 aromatic heterocycles. The number of nitrogens with zero attached hydrogens (tertiary/aromatic N) is 1. The summed E-state index contributed by atoms with van der Waals surface area (Å²) in [5, 5.41) is 6.90. The highest BCUT2D eigenvalue weighted by molar-refractivity contribution is 6.30. The van der Waals surface area contributed by atoms with Crippen LogP contribution in [0.15, 0.2) is 42.6 Å². The Hall–Kier alpha value is -2.07. The van der Waals surface area contributed by atoms with E-state index in [-0.39, 0.29) is 5.91 Å². The second kappa shape index (κ2) is 8.53. The Kier molecular flexibility index (Phi) is 6.41. The minimum absolute atomic E-state index is 0.0957. The molecule has 4 nitrogen and oxygen atoms in total. The van der Waals surface area contributed by atoms with E-state index in [0.29, 0.717) is 23.2 Å². The highest BCUT2D eigenvalue weighted by Gasteiger charge is 2.07. The van der Waals surface area contributed by atoms with Crippen LogP contribution in [0.25, 0.3) is 0 Å². The van der Waals surface area contributed by atoms with E-state index < -0.39 is 0 Å². The number of hydrogen-bond donors (Lipinski definition) is 2. The van der Waals surface area contributed by atoms with Crippen molar-refractivity contribution in [3.8, 4) is 0 Å². The van der Waals surface area contributed by atoms with Crippen LogP contribution >= 0.6 is 11.6 Å². The van der Waals surface area contributed by atoms with Gasteiger partial charge in [-0.1, -0.05) is 30.7 Å². The molecule has 23 heavy (non-hydrogen) atoms. The third-order valence-corrected chi connectivity index (χ3v) is 3.85. The molecule has 2 N–H and O–H groups in total. The van der Waals surface area contributed by atoms with E-state index in [9.17, 15) is 4.79 Å². The van der Waals surface area contributed by atoms with Crippen molar-refractivity contribution in [2.75, 3.05) is 11.9 Å². The first-order valence-corrected chi connectivity index (χ1v) is 8.21. The molecule has 122 valence electrons. The summed E-state index contributed by atoms with van der Waals surface area (Å²) in [7, 11) is 0. The molecule has 0 fully saturated rings. The molecule has 1 heterocycles. The molecule has 0 saturated heterocycles. The lowest BCUT2D eigenvalue weighted by atomic mass is 10.1. The lowest BCUT2D eigenvalue weighted by Gasteiger charge is -2.12. The first kappa shape index (κ1) is 17.3. The van der Waals surface area contributed by atoms with E-state index >= 15 is 0 Å². The number of anilines is 1. The highest BCUT2D eigenvalue weighted by Crippen LogP contribution is 2.11. The van der Waals surface area contributed by atoms with Crippen molar-refractivity contribution in [2.45, 2.75) is 32.7 Å². The number of carbonyl (C=O) groups is 1. The largest absolute Gasteiger partial charge is 0.368 e. The molecule has 1 amide bonds. The van der Waals surface area contributed by atoms with Crippen molar-refractivity contribution >= 4 is 23.3 Å². The van der Waals surface area contributed by atoms with Crippen molar-refractivity contribution in [3.05, 3.63) is 58.7 Å². The Morgan fingerprint density at radius 3 is 2.87 bits per heavy atom. The molecule has 0 radical (unpaired) electrons. The lowest BCUT2D eigenvalue weighted by molar-refractivity contribution is 0.0954. The Labute approximate surface area is 142 Å². The van der Waals surface area contributed by atoms with Gasteiger partial charge in [-0.25, -0.2) is 4.98 Å². The van der Waals surface area contributed by atoms with Crippen LogP contribution in [0.5, 0.6) is 0 Å². The summed E-state index contributed by atoms with van der Waals surface area (Å²) >= 11 is 5.95. The third kappa shape index (κ3) is 5.57. The maximum Gasteiger partial charge on any atom is 0.251 e. The molecule has 2 aromatic rings. The van der Waals surface area contributed by atoms with Crippen LogP contribution in [0.3, 0.4) is 0 Å². The topological polar surface area (TPSA) is 54.0 Å². The first-order valence-electron chi connectivity index (χ1n) is 7.83. The van der Waals surface area contributed by atoms with E-state index in [1.165, 1.54) is 0 Å². The van der Waals surface area contributed by atoms with Crippen LogP contribution < -0.4 is 10.6 Å². The molecule has 0 aliphatic heterocycles. The maximum atomic E-state index is 12.2. The van der Waals surface area contributed by atoms with Gasteiger partial charge in [-0.2, -0.15) is 0 Å². The van der Waals surface area contributed by atoms with Gasteiger partial charge in [0.15, 0.2) is 0 Å². The monoisotopic (exact) mass is 331 g/mol. The minimum atomic E-state index is -0.0957. The van der Waals surface area contributed by atoms with E-state index in [1.54, 1.807) is 18.3 Å². The van der Waals surface area contributed by atoms with Crippen molar-refractivity contribution in [3.63, 3.8) is 0 Å². The third-order valence-electron chi connectivity index (χ3n) is 3.62. The van der Waals surface area contributed by atoms with Gasteiger partial charge < -0.3 is 10.6 Å². The average molecular weight is 332 g/mol. The fourth-order valence-corrected chi connectivity index (χ4v) is 2.33. The zero-order valence-electron chi connectivity index (χ0n) is 13.5. The first-order chi connectivity index (χ1) is 11.1. The van der Waals surface area contributed by atoms with E-state index in [4.69, 9.17) is 11.6 Å². The molecular formula is C18H22ClN3O. The summed E-state index contributed by atoms with van der Waals surface area (Å²) in [6.07, 6.45) is 3.39. The highest BCUT2D eigenvalue weighted by atomic mass is 35.5. The number of carbonyl (C=O) groups excluding carboxylic acids is 1. The summed E-state index contributed by atoms with van der Waals surface area (Å²) in [6, 6.07) is 11.5. The number of halogens is 1. The van der Waals surface area contributed by atoms with Crippen molar-refractivity contribution in [2.24, 2.45) is 0 Å². The van der Waals surface area contributed by atoms with Gasteiger partial charge in [-0.3, -0.25) is 4.79 Å². The van der Waals surface area contributed by atoms with Crippen LogP contribution in [-0.2, 0) is 6.42 Å². The second-order valence-corrected chi connectivity index (χ2v) is 5.96. The second-order valence-electron chi connectivity index (χ2n) is 5.52. The Morgan fingerprint density at radius 1 is 1.30 bits per heavy atom. The molecule has 2 rings (SSSR count). The molecule has 1 unspecified atom stereocenters. The lowest BCUT2D eigenvalue weighted by Crippen LogP contribution is -2.26. The van der Waals surface area contributed by atoms with E-state index in [0.717, 1.165) is 24.2 Å². The van der Waals surface area contributed by atoms with Crippen LogP contribution in [0.1, 0.15) is 36.2 Å². The van der Waals surface area contributed by atoms with Gasteiger partial charge >= 0.3 is 0 Å². The SMILES string of the molecule is CCC(C)Nc1cc(C(=O)NCCc2cccc(Cl)c2)ccn1. The predicted molar refractivity (Wildman–Crippen MR) is 95.1 cm³/mol. The number of aromatic nitrogens is 1. The predicted octanol–water partition coefficient (Wildman–Crippen LogP) is 3.92. The maximum absolute atomic E-state index is 12.2. The number of rotatable bonds is 7. The fourth-order valence-electron chi connectivity index (χ4n) is 2.12. The quantitative estimate of drug-likeness (QED) is 0.808.